The highest BCUT2D eigenvalue weighted by atomic mass is 16.3. The average Bonchev–Trinajstić information content (AvgIpc) is 2.55. The van der Waals surface area contributed by atoms with Gasteiger partial charge in [0.2, 0.25) is 0 Å². The third-order valence-corrected chi connectivity index (χ3v) is 3.30. The molecular formula is C21H32O3. The molecule has 0 aliphatic heterocycles. The summed E-state index contributed by atoms with van der Waals surface area (Å²) >= 11 is 0. The minimum atomic E-state index is -0.479. The molecule has 3 heteroatoms. The van der Waals surface area contributed by atoms with E-state index < -0.39 is 6.10 Å². The lowest BCUT2D eigenvalue weighted by Crippen LogP contribution is -1.98. The predicted molar refractivity (Wildman–Crippen MR) is 102 cm³/mol. The SMILES string of the molecule is CCC(O)/C=C/C=C\C/C=C\C=C/C(O)C/C=C\CCCC(C)=O. The Labute approximate surface area is 146 Å². The zero-order valence-corrected chi connectivity index (χ0v) is 15.0. The van der Waals surface area contributed by atoms with Gasteiger partial charge in [-0.1, -0.05) is 67.7 Å². The molecule has 134 valence electrons. The highest BCUT2D eigenvalue weighted by Gasteiger charge is 1.94. The molecule has 0 aliphatic carbocycles. The van der Waals surface area contributed by atoms with E-state index in [2.05, 4.69) is 0 Å². The molecule has 0 radical (unpaired) electrons. The zero-order valence-electron chi connectivity index (χ0n) is 15.0. The van der Waals surface area contributed by atoms with Crippen LogP contribution in [0.25, 0.3) is 0 Å². The monoisotopic (exact) mass is 332 g/mol. The molecule has 0 aromatic carbocycles. The molecule has 0 bridgehead atoms. The van der Waals surface area contributed by atoms with Gasteiger partial charge in [-0.25, -0.2) is 0 Å². The fourth-order valence-corrected chi connectivity index (χ4v) is 1.81. The third-order valence-electron chi connectivity index (χ3n) is 3.30. The Hall–Kier alpha value is -1.71. The zero-order chi connectivity index (χ0) is 18.0. The highest BCUT2D eigenvalue weighted by Crippen LogP contribution is 2.01. The Morgan fingerprint density at radius 3 is 2.12 bits per heavy atom. The van der Waals surface area contributed by atoms with Crippen LogP contribution in [-0.4, -0.2) is 28.2 Å². The topological polar surface area (TPSA) is 57.5 Å². The van der Waals surface area contributed by atoms with E-state index in [4.69, 9.17) is 0 Å². The van der Waals surface area contributed by atoms with Crippen molar-refractivity contribution in [3.8, 4) is 0 Å². The van der Waals surface area contributed by atoms with Crippen LogP contribution < -0.4 is 0 Å². The van der Waals surface area contributed by atoms with Gasteiger partial charge >= 0.3 is 0 Å². The largest absolute Gasteiger partial charge is 0.389 e. The van der Waals surface area contributed by atoms with Crippen molar-refractivity contribution in [1.82, 2.24) is 0 Å². The number of hydrogen-bond acceptors (Lipinski definition) is 3. The molecule has 0 fully saturated rings. The molecule has 2 atom stereocenters. The van der Waals surface area contributed by atoms with E-state index >= 15 is 0 Å². The molecule has 0 amide bonds. The van der Waals surface area contributed by atoms with Crippen LogP contribution in [-0.2, 0) is 4.79 Å². The highest BCUT2D eigenvalue weighted by molar-refractivity contribution is 5.75. The lowest BCUT2D eigenvalue weighted by Gasteiger charge is -1.99. The second-order valence-corrected chi connectivity index (χ2v) is 5.71. The summed E-state index contributed by atoms with van der Waals surface area (Å²) in [5.74, 6) is 0.225. The van der Waals surface area contributed by atoms with Gasteiger partial charge in [-0.2, -0.15) is 0 Å². The standard InChI is InChI=1S/C21H32O3/c1-3-20(23)16-12-7-5-4-6-8-13-17-21(24)18-14-10-9-11-15-19(2)22/h5-8,10,12-14,16-17,20-21,23-24H,3-4,9,11,15,18H2,1-2H3/b7-5-,8-6-,14-10-,16-12+,17-13-. The van der Waals surface area contributed by atoms with E-state index in [1.165, 1.54) is 0 Å². The van der Waals surface area contributed by atoms with Crippen LogP contribution >= 0.6 is 0 Å². The maximum absolute atomic E-state index is 10.8. The van der Waals surface area contributed by atoms with Crippen LogP contribution in [0.3, 0.4) is 0 Å². The lowest BCUT2D eigenvalue weighted by atomic mass is 10.1. The normalized spacial score (nSPS) is 15.5. The molecule has 24 heavy (non-hydrogen) atoms. The molecule has 0 saturated heterocycles. The summed E-state index contributed by atoms with van der Waals surface area (Å²) in [6.45, 7) is 3.54. The van der Waals surface area contributed by atoms with Crippen LogP contribution in [0.4, 0.5) is 0 Å². The van der Waals surface area contributed by atoms with Crippen molar-refractivity contribution in [1.29, 1.82) is 0 Å². The summed E-state index contributed by atoms with van der Waals surface area (Å²) < 4.78 is 0. The van der Waals surface area contributed by atoms with Crippen molar-refractivity contribution in [2.24, 2.45) is 0 Å². The Balaban J connectivity index is 3.77. The van der Waals surface area contributed by atoms with Gasteiger partial charge in [0.25, 0.3) is 0 Å². The van der Waals surface area contributed by atoms with Gasteiger partial charge < -0.3 is 15.0 Å². The first-order valence-corrected chi connectivity index (χ1v) is 8.73. The minimum Gasteiger partial charge on any atom is -0.389 e. The summed E-state index contributed by atoms with van der Waals surface area (Å²) in [5, 5.41) is 19.1. The number of unbranched alkanes of at least 4 members (excludes halogenated alkanes) is 1. The van der Waals surface area contributed by atoms with Gasteiger partial charge in [-0.3, -0.25) is 0 Å². The Kier molecular flexibility index (Phi) is 15.0. The molecule has 3 nitrogen and oxygen atoms in total. The van der Waals surface area contributed by atoms with E-state index in [0.29, 0.717) is 12.8 Å². The molecule has 0 spiro atoms. The molecule has 0 aromatic rings. The van der Waals surface area contributed by atoms with Crippen molar-refractivity contribution < 1.29 is 15.0 Å². The van der Waals surface area contributed by atoms with Crippen molar-refractivity contribution in [2.45, 2.75) is 64.6 Å². The first-order chi connectivity index (χ1) is 11.6. The molecule has 0 aliphatic rings. The number of carbonyl (C=O) groups is 1. The number of rotatable bonds is 13. The van der Waals surface area contributed by atoms with Crippen LogP contribution in [0.5, 0.6) is 0 Å². The average molecular weight is 332 g/mol. The second kappa shape index (κ2) is 16.2. The Morgan fingerprint density at radius 1 is 0.917 bits per heavy atom. The van der Waals surface area contributed by atoms with Gasteiger partial charge in [-0.15, -0.1) is 0 Å². The molecular weight excluding hydrogens is 300 g/mol. The van der Waals surface area contributed by atoms with Crippen LogP contribution in [0.15, 0.2) is 60.8 Å². The van der Waals surface area contributed by atoms with E-state index in [9.17, 15) is 15.0 Å². The van der Waals surface area contributed by atoms with Crippen LogP contribution in [0, 0.1) is 0 Å². The summed E-state index contributed by atoms with van der Waals surface area (Å²) in [6.07, 6.45) is 22.7. The number of allylic oxidation sites excluding steroid dienone is 7. The van der Waals surface area contributed by atoms with Crippen molar-refractivity contribution in [3.63, 3.8) is 0 Å². The molecule has 0 saturated carbocycles. The first-order valence-electron chi connectivity index (χ1n) is 8.73. The second-order valence-electron chi connectivity index (χ2n) is 5.71. The first kappa shape index (κ1) is 22.3. The molecule has 2 unspecified atom stereocenters. The number of carbonyl (C=O) groups excluding carboxylic acids is 1. The van der Waals surface area contributed by atoms with Crippen LogP contribution in [0.2, 0.25) is 0 Å². The smallest absolute Gasteiger partial charge is 0.129 e. The lowest BCUT2D eigenvalue weighted by molar-refractivity contribution is -0.117. The van der Waals surface area contributed by atoms with Gasteiger partial charge in [0.05, 0.1) is 12.2 Å². The summed E-state index contributed by atoms with van der Waals surface area (Å²) in [6, 6.07) is 0. The number of ketones is 1. The summed E-state index contributed by atoms with van der Waals surface area (Å²) in [5.41, 5.74) is 0. The Bertz CT molecular complexity index is 456. The van der Waals surface area contributed by atoms with E-state index in [1.54, 1.807) is 19.1 Å². The van der Waals surface area contributed by atoms with Crippen LogP contribution in [0.1, 0.15) is 52.4 Å². The van der Waals surface area contributed by atoms with E-state index in [-0.39, 0.29) is 11.9 Å². The summed E-state index contributed by atoms with van der Waals surface area (Å²) in [4.78, 5) is 10.8. The third kappa shape index (κ3) is 16.7. The Morgan fingerprint density at radius 2 is 1.54 bits per heavy atom. The van der Waals surface area contributed by atoms with Gasteiger partial charge in [0.15, 0.2) is 0 Å². The molecule has 2 N–H and O–H groups in total. The van der Waals surface area contributed by atoms with Gasteiger partial charge in [0.1, 0.15) is 5.78 Å². The maximum atomic E-state index is 10.8. The minimum absolute atomic E-state index is 0.225. The number of hydrogen-bond donors (Lipinski definition) is 2. The van der Waals surface area contributed by atoms with Crippen molar-refractivity contribution in [2.75, 3.05) is 0 Å². The fourth-order valence-electron chi connectivity index (χ4n) is 1.81. The maximum Gasteiger partial charge on any atom is 0.129 e. The number of aliphatic hydroxyl groups excluding tert-OH is 2. The fraction of sp³-hybridized carbons (Fsp3) is 0.476. The quantitative estimate of drug-likeness (QED) is 0.298. The number of Topliss-reactive ketones (excluding diaryl/α,β-unsaturated/α-hetero) is 1. The molecule has 0 heterocycles. The van der Waals surface area contributed by atoms with E-state index in [1.807, 2.05) is 55.5 Å². The summed E-state index contributed by atoms with van der Waals surface area (Å²) in [7, 11) is 0. The van der Waals surface area contributed by atoms with Crippen molar-refractivity contribution in [3.05, 3.63) is 60.8 Å². The predicted octanol–water partition coefficient (Wildman–Crippen LogP) is 4.44. The van der Waals surface area contributed by atoms with Gasteiger partial charge in [-0.05, 0) is 39.0 Å². The van der Waals surface area contributed by atoms with Crippen molar-refractivity contribution >= 4 is 5.78 Å². The molecule has 0 rings (SSSR count). The van der Waals surface area contributed by atoms with E-state index in [0.717, 1.165) is 25.7 Å². The van der Waals surface area contributed by atoms with Gasteiger partial charge in [0, 0.05) is 6.42 Å². The molecule has 0 aromatic heterocycles. The number of aliphatic hydroxyl groups is 2.